The zero-order valence-electron chi connectivity index (χ0n) is 9.97. The smallest absolute Gasteiger partial charge is 0.225 e. The molecule has 5 heteroatoms. The molecular formula is C12H16N4O. The summed E-state index contributed by atoms with van der Waals surface area (Å²) in [6.45, 7) is 3.74. The molecule has 0 saturated carbocycles. The van der Waals surface area contributed by atoms with Gasteiger partial charge in [-0.1, -0.05) is 0 Å². The fourth-order valence-electron chi connectivity index (χ4n) is 1.70. The van der Waals surface area contributed by atoms with E-state index in [0.29, 0.717) is 6.42 Å². The second kappa shape index (κ2) is 4.55. The van der Waals surface area contributed by atoms with Crippen molar-refractivity contribution in [2.75, 3.05) is 5.32 Å². The van der Waals surface area contributed by atoms with Crippen LogP contribution in [0, 0.1) is 6.92 Å². The van der Waals surface area contributed by atoms with Crippen LogP contribution in [-0.2, 0) is 4.79 Å². The van der Waals surface area contributed by atoms with Gasteiger partial charge in [-0.25, -0.2) is 4.98 Å². The maximum Gasteiger partial charge on any atom is 0.225 e. The Balaban J connectivity index is 2.16. The lowest BCUT2D eigenvalue weighted by Gasteiger charge is -2.07. The summed E-state index contributed by atoms with van der Waals surface area (Å²) >= 11 is 0. The van der Waals surface area contributed by atoms with Crippen molar-refractivity contribution in [3.63, 3.8) is 0 Å². The molecule has 0 fully saturated rings. The third-order valence-electron chi connectivity index (χ3n) is 2.36. The number of pyridine rings is 1. The highest BCUT2D eigenvalue weighted by Crippen LogP contribution is 2.11. The van der Waals surface area contributed by atoms with Crippen molar-refractivity contribution in [3.05, 3.63) is 30.2 Å². The van der Waals surface area contributed by atoms with E-state index in [4.69, 9.17) is 5.73 Å². The van der Waals surface area contributed by atoms with Crippen LogP contribution >= 0.6 is 0 Å². The van der Waals surface area contributed by atoms with Gasteiger partial charge in [0.2, 0.25) is 5.91 Å². The van der Waals surface area contributed by atoms with Crippen molar-refractivity contribution in [2.45, 2.75) is 26.3 Å². The van der Waals surface area contributed by atoms with Gasteiger partial charge in [-0.05, 0) is 26.0 Å². The van der Waals surface area contributed by atoms with Crippen molar-refractivity contribution in [2.24, 2.45) is 5.73 Å². The summed E-state index contributed by atoms with van der Waals surface area (Å²) in [6, 6.07) is 3.57. The van der Waals surface area contributed by atoms with Gasteiger partial charge >= 0.3 is 0 Å². The number of aromatic nitrogens is 2. The van der Waals surface area contributed by atoms with Crippen LogP contribution < -0.4 is 11.1 Å². The molecule has 0 aliphatic rings. The van der Waals surface area contributed by atoms with Crippen molar-refractivity contribution in [1.29, 1.82) is 0 Å². The Kier molecular flexibility index (Phi) is 3.10. The van der Waals surface area contributed by atoms with Gasteiger partial charge in [-0.3, -0.25) is 4.79 Å². The first-order valence-electron chi connectivity index (χ1n) is 5.55. The lowest BCUT2D eigenvalue weighted by Crippen LogP contribution is -2.24. The summed E-state index contributed by atoms with van der Waals surface area (Å²) < 4.78 is 1.89. The van der Waals surface area contributed by atoms with Gasteiger partial charge in [0, 0.05) is 24.9 Å². The second-order valence-electron chi connectivity index (χ2n) is 4.30. The van der Waals surface area contributed by atoms with Crippen LogP contribution in [-0.4, -0.2) is 21.3 Å². The number of rotatable bonds is 3. The summed E-state index contributed by atoms with van der Waals surface area (Å²) in [4.78, 5) is 15.9. The molecule has 90 valence electrons. The topological polar surface area (TPSA) is 72.4 Å². The average Bonchev–Trinajstić information content (AvgIpc) is 2.55. The maximum atomic E-state index is 11.5. The Morgan fingerprint density at radius 1 is 1.53 bits per heavy atom. The zero-order chi connectivity index (χ0) is 12.4. The molecule has 1 unspecified atom stereocenters. The van der Waals surface area contributed by atoms with Crippen LogP contribution in [0.4, 0.5) is 5.69 Å². The maximum absolute atomic E-state index is 11.5. The first-order valence-corrected chi connectivity index (χ1v) is 5.55. The fourth-order valence-corrected chi connectivity index (χ4v) is 1.70. The molecule has 0 aromatic carbocycles. The summed E-state index contributed by atoms with van der Waals surface area (Å²) in [7, 11) is 0. The SMILES string of the molecule is Cc1cn2cc(NC(=O)CC(C)N)ccc2n1. The number of fused-ring (bicyclic) bond motifs is 1. The molecule has 2 aromatic rings. The molecule has 17 heavy (non-hydrogen) atoms. The average molecular weight is 232 g/mol. The number of anilines is 1. The number of carbonyl (C=O) groups excluding carboxylic acids is 1. The number of aryl methyl sites for hydroxylation is 1. The number of nitrogens with one attached hydrogen (secondary N) is 1. The molecule has 0 aliphatic heterocycles. The first kappa shape index (κ1) is 11.6. The monoisotopic (exact) mass is 232 g/mol. The summed E-state index contributed by atoms with van der Waals surface area (Å²) in [5.74, 6) is -0.0730. The Labute approximate surface area is 99.6 Å². The molecule has 2 aromatic heterocycles. The minimum Gasteiger partial charge on any atom is -0.327 e. The lowest BCUT2D eigenvalue weighted by molar-refractivity contribution is -0.116. The Hall–Kier alpha value is -1.88. The predicted octanol–water partition coefficient (Wildman–Crippen LogP) is 1.32. The van der Waals surface area contributed by atoms with E-state index in [1.165, 1.54) is 0 Å². The number of carbonyl (C=O) groups is 1. The molecule has 2 heterocycles. The number of imidazole rings is 1. The highest BCUT2D eigenvalue weighted by atomic mass is 16.1. The molecule has 1 atom stereocenters. The molecule has 0 spiro atoms. The summed E-state index contributed by atoms with van der Waals surface area (Å²) in [6.07, 6.45) is 4.08. The largest absolute Gasteiger partial charge is 0.327 e. The number of hydrogen-bond acceptors (Lipinski definition) is 3. The van der Waals surface area contributed by atoms with Gasteiger partial charge in [-0.2, -0.15) is 0 Å². The molecule has 0 bridgehead atoms. The normalized spacial score (nSPS) is 12.6. The van der Waals surface area contributed by atoms with E-state index in [2.05, 4.69) is 10.3 Å². The zero-order valence-corrected chi connectivity index (χ0v) is 9.97. The Morgan fingerprint density at radius 3 is 3.00 bits per heavy atom. The number of nitrogens with zero attached hydrogens (tertiary/aromatic N) is 2. The van der Waals surface area contributed by atoms with Crippen LogP contribution in [0.15, 0.2) is 24.5 Å². The second-order valence-corrected chi connectivity index (χ2v) is 4.30. The summed E-state index contributed by atoms with van der Waals surface area (Å²) in [5.41, 5.74) is 8.13. The molecule has 1 amide bonds. The third-order valence-corrected chi connectivity index (χ3v) is 2.36. The van der Waals surface area contributed by atoms with Gasteiger partial charge in [0.15, 0.2) is 0 Å². The number of amides is 1. The van der Waals surface area contributed by atoms with Crippen LogP contribution in [0.5, 0.6) is 0 Å². The predicted molar refractivity (Wildman–Crippen MR) is 66.8 cm³/mol. The van der Waals surface area contributed by atoms with Crippen molar-refractivity contribution in [3.8, 4) is 0 Å². The van der Waals surface area contributed by atoms with Crippen LogP contribution in [0.3, 0.4) is 0 Å². The van der Waals surface area contributed by atoms with Gasteiger partial charge in [-0.15, -0.1) is 0 Å². The van der Waals surface area contributed by atoms with E-state index >= 15 is 0 Å². The van der Waals surface area contributed by atoms with Crippen molar-refractivity contribution >= 4 is 17.2 Å². The van der Waals surface area contributed by atoms with Crippen LogP contribution in [0.1, 0.15) is 19.0 Å². The van der Waals surface area contributed by atoms with Gasteiger partial charge in [0.25, 0.3) is 0 Å². The highest BCUT2D eigenvalue weighted by molar-refractivity contribution is 5.91. The Morgan fingerprint density at radius 2 is 2.29 bits per heavy atom. The first-order chi connectivity index (χ1) is 8.04. The number of nitrogens with two attached hydrogens (primary N) is 1. The Bertz CT molecular complexity index is 544. The third kappa shape index (κ3) is 2.82. The van der Waals surface area contributed by atoms with Gasteiger partial charge < -0.3 is 15.5 Å². The van der Waals surface area contributed by atoms with E-state index in [9.17, 15) is 4.79 Å². The molecular weight excluding hydrogens is 216 g/mol. The molecule has 3 N–H and O–H groups in total. The molecule has 0 saturated heterocycles. The molecule has 0 aliphatic carbocycles. The van der Waals surface area contributed by atoms with E-state index in [1.54, 1.807) is 0 Å². The van der Waals surface area contributed by atoms with E-state index in [-0.39, 0.29) is 11.9 Å². The van der Waals surface area contributed by atoms with E-state index in [0.717, 1.165) is 17.0 Å². The van der Waals surface area contributed by atoms with Crippen molar-refractivity contribution < 1.29 is 4.79 Å². The van der Waals surface area contributed by atoms with E-state index < -0.39 is 0 Å². The standard InChI is InChI=1S/C12H16N4O/c1-8(13)5-12(17)15-10-3-4-11-14-9(2)6-16(11)7-10/h3-4,6-8H,5,13H2,1-2H3,(H,15,17). The van der Waals surface area contributed by atoms with Crippen molar-refractivity contribution in [1.82, 2.24) is 9.38 Å². The summed E-state index contributed by atoms with van der Waals surface area (Å²) in [5, 5.41) is 2.81. The lowest BCUT2D eigenvalue weighted by atomic mass is 10.2. The fraction of sp³-hybridized carbons (Fsp3) is 0.333. The quantitative estimate of drug-likeness (QED) is 0.838. The van der Waals surface area contributed by atoms with Gasteiger partial charge in [0.05, 0.1) is 11.4 Å². The number of hydrogen-bond donors (Lipinski definition) is 2. The van der Waals surface area contributed by atoms with Crippen LogP contribution in [0.2, 0.25) is 0 Å². The van der Waals surface area contributed by atoms with Crippen LogP contribution in [0.25, 0.3) is 5.65 Å². The highest BCUT2D eigenvalue weighted by Gasteiger charge is 2.06. The molecule has 2 rings (SSSR count). The molecule has 0 radical (unpaired) electrons. The molecule has 5 nitrogen and oxygen atoms in total. The minimum atomic E-state index is -0.130. The van der Waals surface area contributed by atoms with Gasteiger partial charge in [0.1, 0.15) is 5.65 Å². The van der Waals surface area contributed by atoms with E-state index in [1.807, 2.05) is 42.8 Å². The minimum absolute atomic E-state index is 0.0730.